The number of para-hydroxylation sites is 1. The van der Waals surface area contributed by atoms with Crippen LogP contribution in [-0.4, -0.2) is 17.6 Å². The van der Waals surface area contributed by atoms with Crippen molar-refractivity contribution in [2.24, 2.45) is 0 Å². The Morgan fingerprint density at radius 2 is 1.81 bits per heavy atom. The van der Waals surface area contributed by atoms with Gasteiger partial charge < -0.3 is 15.2 Å². The second kappa shape index (κ2) is 6.90. The van der Waals surface area contributed by atoms with Gasteiger partial charge in [0.2, 0.25) is 0 Å². The molecule has 21 heavy (non-hydrogen) atoms. The molecule has 0 atom stereocenters. The molecule has 0 aliphatic carbocycles. The van der Waals surface area contributed by atoms with E-state index in [0.29, 0.717) is 5.75 Å². The van der Waals surface area contributed by atoms with Crippen molar-refractivity contribution >= 4 is 11.6 Å². The van der Waals surface area contributed by atoms with E-state index in [1.165, 1.54) is 0 Å². The van der Waals surface area contributed by atoms with Crippen molar-refractivity contribution < 1.29 is 14.6 Å². The van der Waals surface area contributed by atoms with Crippen LogP contribution in [0.15, 0.2) is 42.5 Å². The number of anilines is 1. The lowest BCUT2D eigenvalue weighted by Crippen LogP contribution is -2.21. The third-order valence-corrected chi connectivity index (χ3v) is 3.20. The van der Waals surface area contributed by atoms with E-state index in [1.54, 1.807) is 24.3 Å². The lowest BCUT2D eigenvalue weighted by Gasteiger charge is -2.12. The van der Waals surface area contributed by atoms with Gasteiger partial charge in [-0.25, -0.2) is 0 Å². The predicted molar refractivity (Wildman–Crippen MR) is 82.4 cm³/mol. The van der Waals surface area contributed by atoms with Gasteiger partial charge in [0, 0.05) is 5.69 Å². The van der Waals surface area contributed by atoms with Crippen molar-refractivity contribution in [3.63, 3.8) is 0 Å². The number of carbonyl (C=O) groups excluding carboxylic acids is 1. The van der Waals surface area contributed by atoms with Crippen LogP contribution in [0.1, 0.15) is 16.7 Å². The SMILES string of the molecule is Cc1cccc(C)c1NC(=O)COc1cccc(CO)c1. The Hall–Kier alpha value is -2.33. The van der Waals surface area contributed by atoms with Gasteiger partial charge in [-0.1, -0.05) is 30.3 Å². The van der Waals surface area contributed by atoms with Crippen LogP contribution in [-0.2, 0) is 11.4 Å². The van der Waals surface area contributed by atoms with Gasteiger partial charge in [0.05, 0.1) is 6.61 Å². The fourth-order valence-corrected chi connectivity index (χ4v) is 2.07. The molecule has 2 rings (SSSR count). The molecule has 110 valence electrons. The number of carbonyl (C=O) groups is 1. The Labute approximate surface area is 124 Å². The summed E-state index contributed by atoms with van der Waals surface area (Å²) in [6, 6.07) is 12.9. The summed E-state index contributed by atoms with van der Waals surface area (Å²) < 4.78 is 5.44. The van der Waals surface area contributed by atoms with Gasteiger partial charge >= 0.3 is 0 Å². The number of aliphatic hydroxyl groups excluding tert-OH is 1. The molecule has 0 saturated heterocycles. The summed E-state index contributed by atoms with van der Waals surface area (Å²) in [7, 11) is 0. The molecule has 0 fully saturated rings. The van der Waals surface area contributed by atoms with E-state index >= 15 is 0 Å². The number of amides is 1. The number of hydrogen-bond donors (Lipinski definition) is 2. The highest BCUT2D eigenvalue weighted by molar-refractivity contribution is 5.93. The molecule has 0 aromatic heterocycles. The van der Waals surface area contributed by atoms with Gasteiger partial charge in [0.1, 0.15) is 5.75 Å². The standard InChI is InChI=1S/C17H19NO3/c1-12-5-3-6-13(2)17(12)18-16(20)11-21-15-8-4-7-14(9-15)10-19/h3-9,19H,10-11H2,1-2H3,(H,18,20). The van der Waals surface area contributed by atoms with Crippen LogP contribution in [0.5, 0.6) is 5.75 Å². The van der Waals surface area contributed by atoms with E-state index in [2.05, 4.69) is 5.32 Å². The smallest absolute Gasteiger partial charge is 0.262 e. The topological polar surface area (TPSA) is 58.6 Å². The molecule has 2 N–H and O–H groups in total. The van der Waals surface area contributed by atoms with Crippen molar-refractivity contribution in [1.82, 2.24) is 0 Å². The van der Waals surface area contributed by atoms with E-state index < -0.39 is 0 Å². The summed E-state index contributed by atoms with van der Waals surface area (Å²) in [6.45, 7) is 3.79. The highest BCUT2D eigenvalue weighted by atomic mass is 16.5. The summed E-state index contributed by atoms with van der Waals surface area (Å²) in [4.78, 5) is 12.0. The number of aliphatic hydroxyl groups is 1. The van der Waals surface area contributed by atoms with Crippen LogP contribution in [0.2, 0.25) is 0 Å². The van der Waals surface area contributed by atoms with E-state index in [-0.39, 0.29) is 19.1 Å². The quantitative estimate of drug-likeness (QED) is 0.888. The normalized spacial score (nSPS) is 10.2. The average Bonchev–Trinajstić information content (AvgIpc) is 2.49. The zero-order chi connectivity index (χ0) is 15.2. The number of nitrogens with one attached hydrogen (secondary N) is 1. The molecule has 0 bridgehead atoms. The van der Waals surface area contributed by atoms with E-state index in [9.17, 15) is 4.79 Å². The van der Waals surface area contributed by atoms with E-state index in [4.69, 9.17) is 9.84 Å². The second-order valence-electron chi connectivity index (χ2n) is 4.91. The summed E-state index contributed by atoms with van der Waals surface area (Å²) in [5.41, 5.74) is 3.62. The summed E-state index contributed by atoms with van der Waals surface area (Å²) in [5, 5.41) is 11.9. The Bertz CT molecular complexity index is 617. The average molecular weight is 285 g/mol. The van der Waals surface area contributed by atoms with Crippen molar-refractivity contribution in [3.8, 4) is 5.75 Å². The van der Waals surface area contributed by atoms with Gasteiger partial charge in [-0.15, -0.1) is 0 Å². The summed E-state index contributed by atoms with van der Waals surface area (Å²) in [5.74, 6) is 0.361. The predicted octanol–water partition coefficient (Wildman–Crippen LogP) is 2.81. The number of rotatable bonds is 5. The molecule has 1 amide bonds. The van der Waals surface area contributed by atoms with Crippen molar-refractivity contribution in [3.05, 3.63) is 59.2 Å². The van der Waals surface area contributed by atoms with Crippen molar-refractivity contribution in [1.29, 1.82) is 0 Å². The van der Waals surface area contributed by atoms with Crippen LogP contribution in [0.25, 0.3) is 0 Å². The maximum absolute atomic E-state index is 12.0. The zero-order valence-electron chi connectivity index (χ0n) is 12.2. The number of ether oxygens (including phenoxy) is 1. The van der Waals surface area contributed by atoms with Gasteiger partial charge in [0.15, 0.2) is 6.61 Å². The first kappa shape index (κ1) is 15.1. The molecule has 0 unspecified atom stereocenters. The number of benzene rings is 2. The minimum Gasteiger partial charge on any atom is -0.484 e. The van der Waals surface area contributed by atoms with Crippen LogP contribution >= 0.6 is 0 Å². The molecule has 4 heteroatoms. The molecule has 0 aliphatic rings. The van der Waals surface area contributed by atoms with Gasteiger partial charge in [-0.3, -0.25) is 4.79 Å². The van der Waals surface area contributed by atoms with E-state index in [1.807, 2.05) is 32.0 Å². The molecule has 0 spiro atoms. The molecule has 2 aromatic rings. The van der Waals surface area contributed by atoms with E-state index in [0.717, 1.165) is 22.4 Å². The molecular weight excluding hydrogens is 266 g/mol. The highest BCUT2D eigenvalue weighted by Crippen LogP contribution is 2.19. The Morgan fingerprint density at radius 1 is 1.14 bits per heavy atom. The number of hydrogen-bond acceptors (Lipinski definition) is 3. The molecule has 0 radical (unpaired) electrons. The van der Waals surface area contributed by atoms with Gasteiger partial charge in [-0.05, 0) is 42.7 Å². The Balaban J connectivity index is 1.96. The van der Waals surface area contributed by atoms with Crippen LogP contribution in [0.4, 0.5) is 5.69 Å². The molecular formula is C17H19NO3. The lowest BCUT2D eigenvalue weighted by molar-refractivity contribution is -0.118. The largest absolute Gasteiger partial charge is 0.484 e. The Morgan fingerprint density at radius 3 is 2.48 bits per heavy atom. The van der Waals surface area contributed by atoms with Crippen molar-refractivity contribution in [2.45, 2.75) is 20.5 Å². The van der Waals surface area contributed by atoms with Gasteiger partial charge in [0.25, 0.3) is 5.91 Å². The minimum absolute atomic E-state index is 0.0498. The highest BCUT2D eigenvalue weighted by Gasteiger charge is 2.08. The third kappa shape index (κ3) is 4.07. The first-order valence-corrected chi connectivity index (χ1v) is 6.79. The maximum atomic E-state index is 12.0. The lowest BCUT2D eigenvalue weighted by atomic mass is 10.1. The first-order valence-electron chi connectivity index (χ1n) is 6.79. The van der Waals surface area contributed by atoms with Crippen LogP contribution in [0.3, 0.4) is 0 Å². The minimum atomic E-state index is -0.207. The van der Waals surface area contributed by atoms with Crippen LogP contribution < -0.4 is 10.1 Å². The molecule has 0 heterocycles. The zero-order valence-corrected chi connectivity index (χ0v) is 12.2. The number of aryl methyl sites for hydroxylation is 2. The monoisotopic (exact) mass is 285 g/mol. The molecule has 2 aromatic carbocycles. The van der Waals surface area contributed by atoms with Gasteiger partial charge in [-0.2, -0.15) is 0 Å². The maximum Gasteiger partial charge on any atom is 0.262 e. The Kier molecular flexibility index (Phi) is 4.95. The third-order valence-electron chi connectivity index (χ3n) is 3.20. The molecule has 4 nitrogen and oxygen atoms in total. The fraction of sp³-hybridized carbons (Fsp3) is 0.235. The molecule has 0 aliphatic heterocycles. The molecule has 0 saturated carbocycles. The fourth-order valence-electron chi connectivity index (χ4n) is 2.07. The van der Waals surface area contributed by atoms with Crippen LogP contribution in [0, 0.1) is 13.8 Å². The first-order chi connectivity index (χ1) is 10.1. The van der Waals surface area contributed by atoms with Crippen molar-refractivity contribution in [2.75, 3.05) is 11.9 Å². The summed E-state index contributed by atoms with van der Waals surface area (Å²) in [6.07, 6.45) is 0. The summed E-state index contributed by atoms with van der Waals surface area (Å²) >= 11 is 0. The second-order valence-corrected chi connectivity index (χ2v) is 4.91.